The third-order valence-electron chi connectivity index (χ3n) is 7.24. The average Bonchev–Trinajstić information content (AvgIpc) is 3.28. The van der Waals surface area contributed by atoms with Crippen LogP contribution in [-0.2, 0) is 4.74 Å². The number of nitrogens with one attached hydrogen (secondary N) is 1. The Morgan fingerprint density at radius 2 is 1.77 bits per heavy atom. The summed E-state index contributed by atoms with van der Waals surface area (Å²) in [5, 5.41) is 3.50. The molecule has 4 rings (SSSR count). The largest absolute Gasteiger partial charge is 0.385 e. The monoisotopic (exact) mass is 406 g/mol. The minimum absolute atomic E-state index is 0.00793. The van der Waals surface area contributed by atoms with E-state index in [0.717, 1.165) is 49.1 Å². The van der Waals surface area contributed by atoms with Crippen LogP contribution in [0.4, 0.5) is 0 Å². The van der Waals surface area contributed by atoms with Crippen molar-refractivity contribution in [2.45, 2.75) is 63.6 Å². The van der Waals surface area contributed by atoms with Crippen molar-refractivity contribution in [1.82, 2.24) is 10.2 Å². The predicted molar refractivity (Wildman–Crippen MR) is 121 cm³/mol. The summed E-state index contributed by atoms with van der Waals surface area (Å²) >= 11 is 0. The van der Waals surface area contributed by atoms with E-state index < -0.39 is 0 Å². The fraction of sp³-hybridized carbons (Fsp3) is 0.500. The number of methoxy groups -OCH3 is 1. The van der Waals surface area contributed by atoms with Gasteiger partial charge < -0.3 is 10.1 Å². The lowest BCUT2D eigenvalue weighted by atomic mass is 9.78. The molecule has 2 saturated heterocycles. The second-order valence-corrected chi connectivity index (χ2v) is 8.96. The number of aryl methyl sites for hydroxylation is 2. The Hall–Kier alpha value is -2.17. The highest BCUT2D eigenvalue weighted by Crippen LogP contribution is 2.52. The summed E-state index contributed by atoms with van der Waals surface area (Å²) in [5.74, 6) is 0.0426. The molecule has 2 aromatic carbocycles. The first-order valence-corrected chi connectivity index (χ1v) is 11.2. The van der Waals surface area contributed by atoms with E-state index in [2.05, 4.69) is 34.5 Å². The molecule has 0 unspecified atom stereocenters. The van der Waals surface area contributed by atoms with Crippen molar-refractivity contribution in [3.8, 4) is 0 Å². The van der Waals surface area contributed by atoms with Gasteiger partial charge in [0, 0.05) is 37.4 Å². The van der Waals surface area contributed by atoms with Gasteiger partial charge in [0.1, 0.15) is 0 Å². The van der Waals surface area contributed by atoms with Crippen LogP contribution in [0.2, 0.25) is 0 Å². The summed E-state index contributed by atoms with van der Waals surface area (Å²) in [6.45, 7) is 5.86. The second-order valence-electron chi connectivity index (χ2n) is 8.96. The lowest BCUT2D eigenvalue weighted by Gasteiger charge is -2.42. The first-order valence-electron chi connectivity index (χ1n) is 11.2. The molecule has 30 heavy (non-hydrogen) atoms. The van der Waals surface area contributed by atoms with Gasteiger partial charge in [0.15, 0.2) is 0 Å². The van der Waals surface area contributed by atoms with Crippen molar-refractivity contribution >= 4 is 5.91 Å². The summed E-state index contributed by atoms with van der Waals surface area (Å²) in [7, 11) is 1.77. The van der Waals surface area contributed by atoms with Crippen LogP contribution in [0.15, 0.2) is 48.5 Å². The van der Waals surface area contributed by atoms with Crippen LogP contribution in [0.5, 0.6) is 0 Å². The zero-order valence-electron chi connectivity index (χ0n) is 18.5. The smallest absolute Gasteiger partial charge is 0.252 e. The molecule has 4 heteroatoms. The van der Waals surface area contributed by atoms with E-state index in [-0.39, 0.29) is 17.5 Å². The molecular formula is C26H34N2O2. The van der Waals surface area contributed by atoms with Crippen molar-refractivity contribution in [2.24, 2.45) is 0 Å². The zero-order valence-corrected chi connectivity index (χ0v) is 18.5. The maximum Gasteiger partial charge on any atom is 0.252 e. The molecule has 0 aliphatic carbocycles. The van der Waals surface area contributed by atoms with E-state index in [4.69, 9.17) is 4.74 Å². The lowest BCUT2D eigenvalue weighted by Crippen LogP contribution is -2.52. The molecule has 0 spiro atoms. The third kappa shape index (κ3) is 3.79. The molecular weight excluding hydrogens is 372 g/mol. The zero-order chi connectivity index (χ0) is 21.1. The Kier molecular flexibility index (Phi) is 6.26. The first-order chi connectivity index (χ1) is 14.6. The fourth-order valence-corrected chi connectivity index (χ4v) is 5.85. The molecule has 2 aliphatic rings. The lowest BCUT2D eigenvalue weighted by molar-refractivity contribution is 0.0740. The highest BCUT2D eigenvalue weighted by atomic mass is 16.5. The van der Waals surface area contributed by atoms with Crippen molar-refractivity contribution in [3.05, 3.63) is 70.8 Å². The summed E-state index contributed by atoms with van der Waals surface area (Å²) < 4.78 is 5.32. The summed E-state index contributed by atoms with van der Waals surface area (Å²) in [4.78, 5) is 16.2. The number of nitrogens with zero attached hydrogens (tertiary/aromatic N) is 1. The van der Waals surface area contributed by atoms with Gasteiger partial charge in [-0.2, -0.15) is 0 Å². The van der Waals surface area contributed by atoms with Gasteiger partial charge in [-0.1, -0.05) is 48.5 Å². The van der Waals surface area contributed by atoms with E-state index in [1.54, 1.807) is 7.11 Å². The Bertz CT molecular complexity index is 852. The Balaban J connectivity index is 1.68. The second kappa shape index (κ2) is 8.91. The van der Waals surface area contributed by atoms with Gasteiger partial charge in [0.25, 0.3) is 5.91 Å². The van der Waals surface area contributed by atoms with Crippen LogP contribution in [0.25, 0.3) is 0 Å². The number of benzene rings is 2. The molecule has 0 saturated carbocycles. The number of amides is 1. The van der Waals surface area contributed by atoms with Crippen molar-refractivity contribution in [1.29, 1.82) is 0 Å². The van der Waals surface area contributed by atoms with Gasteiger partial charge in [-0.15, -0.1) is 0 Å². The SMILES string of the molecule is COCCCN1C2CCC1([C@H](NC(=O)c1c(C)cccc1C)c1ccccc1)CC2. The molecule has 2 aliphatic heterocycles. The number of hydrogen-bond acceptors (Lipinski definition) is 3. The van der Waals surface area contributed by atoms with Crippen molar-refractivity contribution in [2.75, 3.05) is 20.3 Å². The molecule has 160 valence electrons. The van der Waals surface area contributed by atoms with Gasteiger partial charge in [-0.05, 0) is 62.6 Å². The number of carbonyl (C=O) groups excluding carboxylic acids is 1. The molecule has 2 heterocycles. The van der Waals surface area contributed by atoms with Crippen molar-refractivity contribution < 1.29 is 9.53 Å². The molecule has 0 radical (unpaired) electrons. The van der Waals surface area contributed by atoms with E-state index in [1.807, 2.05) is 38.1 Å². The van der Waals surface area contributed by atoms with E-state index in [9.17, 15) is 4.79 Å². The van der Waals surface area contributed by atoms with Crippen LogP contribution >= 0.6 is 0 Å². The van der Waals surface area contributed by atoms with Gasteiger partial charge in [0.2, 0.25) is 0 Å². The Labute approximate surface area is 180 Å². The Morgan fingerprint density at radius 1 is 1.10 bits per heavy atom. The molecule has 1 N–H and O–H groups in total. The van der Waals surface area contributed by atoms with Gasteiger partial charge in [-0.25, -0.2) is 0 Å². The van der Waals surface area contributed by atoms with Crippen LogP contribution < -0.4 is 5.32 Å². The maximum atomic E-state index is 13.5. The quantitative estimate of drug-likeness (QED) is 0.640. The molecule has 4 nitrogen and oxygen atoms in total. The van der Waals surface area contributed by atoms with Crippen molar-refractivity contribution in [3.63, 3.8) is 0 Å². The van der Waals surface area contributed by atoms with Gasteiger partial charge >= 0.3 is 0 Å². The van der Waals surface area contributed by atoms with Crippen LogP contribution in [0.3, 0.4) is 0 Å². The van der Waals surface area contributed by atoms with Crippen LogP contribution in [0.1, 0.15) is 65.2 Å². The van der Waals surface area contributed by atoms with Crippen LogP contribution in [-0.4, -0.2) is 42.6 Å². The molecule has 2 aromatic rings. The number of rotatable bonds is 8. The van der Waals surface area contributed by atoms with Gasteiger partial charge in [0.05, 0.1) is 6.04 Å². The molecule has 1 atom stereocenters. The topological polar surface area (TPSA) is 41.6 Å². The maximum absolute atomic E-state index is 13.5. The summed E-state index contributed by atoms with van der Waals surface area (Å²) in [6, 6.07) is 17.2. The summed E-state index contributed by atoms with van der Waals surface area (Å²) in [5.41, 5.74) is 4.07. The van der Waals surface area contributed by atoms with E-state index >= 15 is 0 Å². The Morgan fingerprint density at radius 3 is 2.40 bits per heavy atom. The number of fused-ring (bicyclic) bond motifs is 2. The highest BCUT2D eigenvalue weighted by molar-refractivity contribution is 5.97. The number of ether oxygens (including phenoxy) is 1. The van der Waals surface area contributed by atoms with E-state index in [0.29, 0.717) is 6.04 Å². The molecule has 2 fully saturated rings. The minimum Gasteiger partial charge on any atom is -0.385 e. The molecule has 0 aromatic heterocycles. The fourth-order valence-electron chi connectivity index (χ4n) is 5.85. The van der Waals surface area contributed by atoms with Gasteiger partial charge in [-0.3, -0.25) is 9.69 Å². The van der Waals surface area contributed by atoms with E-state index in [1.165, 1.54) is 18.4 Å². The minimum atomic E-state index is -0.0137. The number of carbonyl (C=O) groups is 1. The molecule has 2 bridgehead atoms. The summed E-state index contributed by atoms with van der Waals surface area (Å²) in [6.07, 6.45) is 5.74. The highest BCUT2D eigenvalue weighted by Gasteiger charge is 2.56. The average molecular weight is 407 g/mol. The standard InChI is InChI=1S/C26H34N2O2/c1-19-9-7-10-20(2)23(19)25(29)27-24(21-11-5-4-6-12-21)26-15-13-22(14-16-26)28(26)17-8-18-30-3/h4-7,9-12,22,24H,8,13-18H2,1-3H3,(H,27,29)/t22?,24-,26?/m1/s1. The van der Waals surface area contributed by atoms with Crippen LogP contribution in [0, 0.1) is 13.8 Å². The third-order valence-corrected chi connectivity index (χ3v) is 7.24. The predicted octanol–water partition coefficient (Wildman–Crippen LogP) is 4.81. The molecule has 1 amide bonds. The normalized spacial score (nSPS) is 24.2. The number of hydrogen-bond donors (Lipinski definition) is 1. The first kappa shape index (κ1) is 21.1.